The maximum Gasteiger partial charge on any atom is 0.294 e. The van der Waals surface area contributed by atoms with Gasteiger partial charge in [0.25, 0.3) is 10.1 Å². The van der Waals surface area contributed by atoms with E-state index >= 15 is 0 Å². The van der Waals surface area contributed by atoms with E-state index in [-0.39, 0.29) is 10.7 Å². The van der Waals surface area contributed by atoms with Crippen LogP contribution in [-0.4, -0.2) is 36.7 Å². The molecule has 1 fully saturated rings. The third-order valence-electron chi connectivity index (χ3n) is 4.50. The lowest BCUT2D eigenvalue weighted by Crippen LogP contribution is -2.20. The summed E-state index contributed by atoms with van der Waals surface area (Å²) in [5.41, 5.74) is 3.02. The summed E-state index contributed by atoms with van der Waals surface area (Å²) in [6.45, 7) is 3.28. The molecule has 0 aliphatic carbocycles. The van der Waals surface area contributed by atoms with Crippen LogP contribution in [0.5, 0.6) is 0 Å². The van der Waals surface area contributed by atoms with Gasteiger partial charge in [-0.2, -0.15) is 8.42 Å². The Labute approximate surface area is 153 Å². The van der Waals surface area contributed by atoms with Gasteiger partial charge >= 0.3 is 0 Å². The third-order valence-corrected chi connectivity index (χ3v) is 5.37. The molecule has 1 aliphatic rings. The fourth-order valence-electron chi connectivity index (χ4n) is 3.32. The number of hydrogen-bond donors (Lipinski definition) is 1. The molecule has 0 saturated carbocycles. The van der Waals surface area contributed by atoms with Crippen LogP contribution in [0.25, 0.3) is 11.3 Å². The van der Waals surface area contributed by atoms with Gasteiger partial charge in [-0.1, -0.05) is 42.5 Å². The molecule has 0 aromatic heterocycles. The van der Waals surface area contributed by atoms with E-state index in [1.54, 1.807) is 12.1 Å². The van der Waals surface area contributed by atoms with Crippen molar-refractivity contribution >= 4 is 27.2 Å². The molecule has 1 saturated heterocycles. The van der Waals surface area contributed by atoms with Gasteiger partial charge in [-0.15, -0.1) is 0 Å². The predicted octanol–water partition coefficient (Wildman–Crippen LogP) is 3.49. The quantitative estimate of drug-likeness (QED) is 0.495. The summed E-state index contributed by atoms with van der Waals surface area (Å²) in [6.07, 6.45) is 2.15. The normalized spacial score (nSPS) is 15.7. The molecule has 1 N–H and O–H groups in total. The van der Waals surface area contributed by atoms with Crippen LogP contribution in [0.4, 0.5) is 0 Å². The van der Waals surface area contributed by atoms with Gasteiger partial charge in [-0.25, -0.2) is 0 Å². The van der Waals surface area contributed by atoms with Crippen LogP contribution >= 0.6 is 0 Å². The molecule has 1 heterocycles. The Hall–Kier alpha value is -2.44. The van der Waals surface area contributed by atoms with E-state index in [1.807, 2.05) is 30.3 Å². The van der Waals surface area contributed by atoms with Gasteiger partial charge < -0.3 is 4.90 Å². The molecule has 26 heavy (non-hydrogen) atoms. The molecular formula is C20H21NO4S. The smallest absolute Gasteiger partial charge is 0.294 e. The van der Waals surface area contributed by atoms with Gasteiger partial charge in [-0.05, 0) is 43.0 Å². The molecule has 0 bridgehead atoms. The van der Waals surface area contributed by atoms with Crippen LogP contribution in [0.3, 0.4) is 0 Å². The van der Waals surface area contributed by atoms with Crippen molar-refractivity contribution < 1.29 is 17.8 Å². The van der Waals surface area contributed by atoms with E-state index in [4.69, 9.17) is 0 Å². The number of likely N-dealkylation sites (tertiary alicyclic amines) is 1. The Balaban J connectivity index is 2.19. The zero-order valence-electron chi connectivity index (χ0n) is 14.6. The summed E-state index contributed by atoms with van der Waals surface area (Å²) in [5.74, 6) is -0.0876. The maximum atomic E-state index is 12.5. The summed E-state index contributed by atoms with van der Waals surface area (Å²) >= 11 is 0. The van der Waals surface area contributed by atoms with Gasteiger partial charge in [0, 0.05) is 18.7 Å². The molecule has 6 heteroatoms. The predicted molar refractivity (Wildman–Crippen MR) is 101 cm³/mol. The first-order chi connectivity index (χ1) is 12.4. The summed E-state index contributed by atoms with van der Waals surface area (Å²) < 4.78 is 31.7. The van der Waals surface area contributed by atoms with Crippen molar-refractivity contribution in [3.05, 3.63) is 65.7 Å². The summed E-state index contributed by atoms with van der Waals surface area (Å²) in [5, 5.41) is 0. The van der Waals surface area contributed by atoms with Crippen LogP contribution in [-0.2, 0) is 14.9 Å². The van der Waals surface area contributed by atoms with Crippen molar-refractivity contribution in [1.82, 2.24) is 4.90 Å². The van der Waals surface area contributed by atoms with Crippen LogP contribution < -0.4 is 0 Å². The molecule has 0 radical (unpaired) electrons. The molecule has 0 amide bonds. The SMILES string of the molecule is CC(=O)C(=C(c1ccccc1)N1CCCC1)c1ccc(S(=O)(=O)O)cc1. The van der Waals surface area contributed by atoms with Gasteiger partial charge in [0.15, 0.2) is 5.78 Å². The molecule has 5 nitrogen and oxygen atoms in total. The lowest BCUT2D eigenvalue weighted by molar-refractivity contribution is -0.111. The number of benzene rings is 2. The summed E-state index contributed by atoms with van der Waals surface area (Å²) in [6, 6.07) is 15.5. The zero-order valence-corrected chi connectivity index (χ0v) is 15.4. The number of nitrogens with zero attached hydrogens (tertiary/aromatic N) is 1. The van der Waals surface area contributed by atoms with Gasteiger partial charge in [0.05, 0.1) is 10.6 Å². The maximum absolute atomic E-state index is 12.5. The minimum Gasteiger partial charge on any atom is -0.370 e. The highest BCUT2D eigenvalue weighted by atomic mass is 32.2. The van der Waals surface area contributed by atoms with Gasteiger partial charge in [0.2, 0.25) is 0 Å². The monoisotopic (exact) mass is 371 g/mol. The highest BCUT2D eigenvalue weighted by molar-refractivity contribution is 7.85. The number of rotatable bonds is 5. The minimum absolute atomic E-state index is 0.0876. The number of Topliss-reactive ketones (excluding diaryl/α,β-unsaturated/α-hetero) is 1. The first-order valence-corrected chi connectivity index (χ1v) is 9.95. The Kier molecular flexibility index (Phi) is 5.25. The molecule has 0 atom stereocenters. The van der Waals surface area contributed by atoms with E-state index in [9.17, 15) is 17.8 Å². The lowest BCUT2D eigenvalue weighted by atomic mass is 9.95. The minimum atomic E-state index is -4.27. The number of carbonyl (C=O) groups is 1. The van der Waals surface area contributed by atoms with Gasteiger partial charge in [-0.3, -0.25) is 9.35 Å². The van der Waals surface area contributed by atoms with E-state index in [2.05, 4.69) is 4.90 Å². The second-order valence-corrected chi connectivity index (χ2v) is 7.76. The molecule has 2 aromatic rings. The second-order valence-electron chi connectivity index (χ2n) is 6.34. The largest absolute Gasteiger partial charge is 0.370 e. The number of hydrogen-bond acceptors (Lipinski definition) is 4. The molecule has 3 rings (SSSR count). The molecule has 0 spiro atoms. The molecule has 2 aromatic carbocycles. The van der Waals surface area contributed by atoms with E-state index in [0.717, 1.165) is 37.2 Å². The van der Waals surface area contributed by atoms with Crippen molar-refractivity contribution in [2.45, 2.75) is 24.7 Å². The average molecular weight is 371 g/mol. The summed E-state index contributed by atoms with van der Waals surface area (Å²) in [4.78, 5) is 14.6. The first-order valence-electron chi connectivity index (χ1n) is 8.51. The van der Waals surface area contributed by atoms with Crippen LogP contribution in [0.15, 0.2) is 59.5 Å². The molecule has 136 valence electrons. The van der Waals surface area contributed by atoms with Crippen molar-refractivity contribution in [2.24, 2.45) is 0 Å². The van der Waals surface area contributed by atoms with Crippen LogP contribution in [0.2, 0.25) is 0 Å². The molecular weight excluding hydrogens is 350 g/mol. The van der Waals surface area contributed by atoms with Crippen molar-refractivity contribution in [2.75, 3.05) is 13.1 Å². The van der Waals surface area contributed by atoms with E-state index < -0.39 is 10.1 Å². The topological polar surface area (TPSA) is 74.7 Å². The van der Waals surface area contributed by atoms with Crippen molar-refractivity contribution in [3.8, 4) is 0 Å². The highest BCUT2D eigenvalue weighted by Crippen LogP contribution is 2.33. The lowest BCUT2D eigenvalue weighted by Gasteiger charge is -2.25. The highest BCUT2D eigenvalue weighted by Gasteiger charge is 2.23. The third kappa shape index (κ3) is 3.86. The van der Waals surface area contributed by atoms with Crippen LogP contribution in [0, 0.1) is 0 Å². The fourth-order valence-corrected chi connectivity index (χ4v) is 3.80. The molecule has 0 unspecified atom stereocenters. The Morgan fingerprint density at radius 1 is 0.923 bits per heavy atom. The van der Waals surface area contributed by atoms with Crippen molar-refractivity contribution in [1.29, 1.82) is 0 Å². The number of carbonyl (C=O) groups excluding carboxylic acids is 1. The van der Waals surface area contributed by atoms with Gasteiger partial charge in [0.1, 0.15) is 0 Å². The number of ketones is 1. The summed E-state index contributed by atoms with van der Waals surface area (Å²) in [7, 11) is -4.27. The number of allylic oxidation sites excluding steroid dienone is 1. The van der Waals surface area contributed by atoms with Crippen molar-refractivity contribution in [3.63, 3.8) is 0 Å². The van der Waals surface area contributed by atoms with Crippen LogP contribution in [0.1, 0.15) is 30.9 Å². The Bertz CT molecular complexity index is 926. The first kappa shape index (κ1) is 18.4. The Morgan fingerprint density at radius 2 is 1.50 bits per heavy atom. The fraction of sp³-hybridized carbons (Fsp3) is 0.250. The van der Waals surface area contributed by atoms with E-state index in [1.165, 1.54) is 19.1 Å². The zero-order chi connectivity index (χ0) is 18.7. The Morgan fingerprint density at radius 3 is 2.00 bits per heavy atom. The molecule has 1 aliphatic heterocycles. The average Bonchev–Trinajstić information content (AvgIpc) is 3.13. The second kappa shape index (κ2) is 7.43. The standard InChI is InChI=1S/C20H21NO4S/c1-15(22)19(16-9-11-18(12-10-16)26(23,24)25)20(21-13-5-6-14-21)17-7-3-2-4-8-17/h2-4,7-12H,5-6,13-14H2,1H3,(H,23,24,25). The van der Waals surface area contributed by atoms with E-state index in [0.29, 0.717) is 11.1 Å².